The molecule has 1 amide bonds. The van der Waals surface area contributed by atoms with Gasteiger partial charge in [-0.05, 0) is 19.3 Å². The van der Waals surface area contributed by atoms with Gasteiger partial charge < -0.3 is 19.8 Å². The fourth-order valence-electron chi connectivity index (χ4n) is 4.69. The van der Waals surface area contributed by atoms with E-state index < -0.39 is 20.0 Å². The van der Waals surface area contributed by atoms with Crippen molar-refractivity contribution >= 4 is 13.7 Å². The molecule has 8 nitrogen and oxygen atoms in total. The Balaban J connectivity index is 4.53. The summed E-state index contributed by atoms with van der Waals surface area (Å²) in [6.07, 6.45) is 25.8. The van der Waals surface area contributed by atoms with Gasteiger partial charge in [-0.1, -0.05) is 129 Å². The second kappa shape index (κ2) is 26.6. The molecule has 3 atom stereocenters. The SMILES string of the molecule is CCCCCCCCCCCCCC/C=C/C(O)C(COP(=O)(O)OCC[N+](C)(C)C)NC(=O)CCCCCCCC. The van der Waals surface area contributed by atoms with E-state index in [0.29, 0.717) is 17.4 Å². The zero-order chi connectivity index (χ0) is 31.5. The number of unbranched alkanes of at least 4 members (excludes halogenated alkanes) is 17. The summed E-state index contributed by atoms with van der Waals surface area (Å²) in [6.45, 7) is 4.72. The molecule has 0 spiro atoms. The van der Waals surface area contributed by atoms with Crippen molar-refractivity contribution in [1.82, 2.24) is 5.32 Å². The Hall–Kier alpha value is -0.760. The highest BCUT2D eigenvalue weighted by Crippen LogP contribution is 2.43. The molecule has 0 heterocycles. The van der Waals surface area contributed by atoms with E-state index in [1.807, 2.05) is 27.2 Å². The molecule has 0 aliphatic carbocycles. The van der Waals surface area contributed by atoms with Crippen molar-refractivity contribution in [2.45, 2.75) is 154 Å². The van der Waals surface area contributed by atoms with Crippen LogP contribution in [0.2, 0.25) is 0 Å². The summed E-state index contributed by atoms with van der Waals surface area (Å²) in [5, 5.41) is 13.6. The number of rotatable bonds is 30. The summed E-state index contributed by atoms with van der Waals surface area (Å²) in [4.78, 5) is 22.7. The minimum absolute atomic E-state index is 0.0633. The van der Waals surface area contributed by atoms with Crippen LogP contribution in [-0.4, -0.2) is 73.4 Å². The van der Waals surface area contributed by atoms with Gasteiger partial charge in [-0.3, -0.25) is 13.8 Å². The molecule has 250 valence electrons. The van der Waals surface area contributed by atoms with Crippen molar-refractivity contribution in [3.8, 4) is 0 Å². The molecule has 9 heteroatoms. The number of carbonyl (C=O) groups is 1. The lowest BCUT2D eigenvalue weighted by atomic mass is 10.0. The fraction of sp³-hybridized carbons (Fsp3) is 0.909. The van der Waals surface area contributed by atoms with Gasteiger partial charge in [0.05, 0.1) is 39.9 Å². The third-order valence-electron chi connectivity index (χ3n) is 7.51. The van der Waals surface area contributed by atoms with Crippen molar-refractivity contribution < 1.29 is 32.9 Å². The van der Waals surface area contributed by atoms with Crippen molar-refractivity contribution in [2.24, 2.45) is 0 Å². The first kappa shape index (κ1) is 41.2. The van der Waals surface area contributed by atoms with Crippen LogP contribution >= 0.6 is 7.82 Å². The van der Waals surface area contributed by atoms with Gasteiger partial charge in [0.25, 0.3) is 0 Å². The number of allylic oxidation sites excluding steroid dienone is 1. The Morgan fingerprint density at radius 2 is 1.26 bits per heavy atom. The van der Waals surface area contributed by atoms with Crippen molar-refractivity contribution in [1.29, 1.82) is 0 Å². The Kier molecular flexibility index (Phi) is 26.1. The Morgan fingerprint density at radius 1 is 0.786 bits per heavy atom. The number of carbonyl (C=O) groups excluding carboxylic acids is 1. The lowest BCUT2D eigenvalue weighted by molar-refractivity contribution is -0.870. The number of aliphatic hydroxyl groups is 1. The molecule has 0 bridgehead atoms. The molecule has 0 aromatic carbocycles. The van der Waals surface area contributed by atoms with E-state index in [4.69, 9.17) is 9.05 Å². The first-order valence-corrected chi connectivity index (χ1v) is 18.6. The second-order valence-corrected chi connectivity index (χ2v) is 14.4. The Labute approximate surface area is 259 Å². The van der Waals surface area contributed by atoms with Crippen molar-refractivity contribution in [3.63, 3.8) is 0 Å². The van der Waals surface area contributed by atoms with Gasteiger partial charge in [-0.25, -0.2) is 4.57 Å². The highest BCUT2D eigenvalue weighted by Gasteiger charge is 2.27. The second-order valence-electron chi connectivity index (χ2n) is 12.9. The lowest BCUT2D eigenvalue weighted by Gasteiger charge is -2.25. The predicted molar refractivity (Wildman–Crippen MR) is 175 cm³/mol. The Bertz CT molecular complexity index is 713. The zero-order valence-corrected chi connectivity index (χ0v) is 28.9. The highest BCUT2D eigenvalue weighted by atomic mass is 31.2. The minimum atomic E-state index is -4.31. The van der Waals surface area contributed by atoms with Gasteiger partial charge in [-0.15, -0.1) is 0 Å². The maximum atomic E-state index is 12.6. The van der Waals surface area contributed by atoms with Gasteiger partial charge in [-0.2, -0.15) is 0 Å². The van der Waals surface area contributed by atoms with E-state index in [2.05, 4.69) is 19.2 Å². The molecule has 3 unspecified atom stereocenters. The van der Waals surface area contributed by atoms with Crippen LogP contribution in [0.4, 0.5) is 0 Å². The predicted octanol–water partition coefficient (Wildman–Crippen LogP) is 8.07. The summed E-state index contributed by atoms with van der Waals surface area (Å²) in [5.74, 6) is -0.189. The zero-order valence-electron chi connectivity index (χ0n) is 28.0. The number of likely N-dealkylation sites (N-methyl/N-ethyl adjacent to an activating group) is 1. The summed E-state index contributed by atoms with van der Waals surface area (Å²) < 4.78 is 23.3. The quantitative estimate of drug-likeness (QED) is 0.0325. The molecule has 0 radical (unpaired) electrons. The van der Waals surface area contributed by atoms with Gasteiger partial charge in [0.1, 0.15) is 13.2 Å². The Morgan fingerprint density at radius 3 is 1.76 bits per heavy atom. The van der Waals surface area contributed by atoms with Crippen LogP contribution in [0.1, 0.15) is 142 Å². The number of amides is 1. The summed E-state index contributed by atoms with van der Waals surface area (Å²) >= 11 is 0. The monoisotopic (exact) mass is 619 g/mol. The van der Waals surface area contributed by atoms with E-state index >= 15 is 0 Å². The van der Waals surface area contributed by atoms with Crippen LogP contribution in [0, 0.1) is 0 Å². The van der Waals surface area contributed by atoms with Gasteiger partial charge in [0.2, 0.25) is 5.91 Å². The van der Waals surface area contributed by atoms with Crippen LogP contribution < -0.4 is 5.32 Å². The average Bonchev–Trinajstić information content (AvgIpc) is 2.92. The molecule has 0 aromatic rings. The number of nitrogens with zero attached hydrogens (tertiary/aromatic N) is 1. The number of hydrogen-bond acceptors (Lipinski definition) is 5. The van der Waals surface area contributed by atoms with Gasteiger partial charge >= 0.3 is 7.82 Å². The van der Waals surface area contributed by atoms with E-state index in [1.165, 1.54) is 83.5 Å². The maximum Gasteiger partial charge on any atom is 0.472 e. The number of quaternary nitrogens is 1. The number of hydrogen-bond donors (Lipinski definition) is 3. The van der Waals surface area contributed by atoms with Gasteiger partial charge in [0, 0.05) is 6.42 Å². The molecule has 0 fully saturated rings. The molecule has 0 saturated carbocycles. The standard InChI is InChI=1S/C33H67N2O6P/c1-6-8-10-12-14-15-16-17-18-19-20-21-22-24-26-32(36)31(34-33(37)27-25-23-13-11-9-7-2)30-41-42(38,39)40-29-28-35(3,4)5/h24,26,31-32,36H,6-23,25,27-30H2,1-5H3,(H-,34,37,38,39)/p+1/b26-24+. The molecule has 0 aromatic heterocycles. The lowest BCUT2D eigenvalue weighted by Crippen LogP contribution is -2.45. The van der Waals surface area contributed by atoms with Crippen molar-refractivity contribution in [2.75, 3.05) is 40.9 Å². The maximum absolute atomic E-state index is 12.6. The number of aliphatic hydroxyl groups excluding tert-OH is 1. The molecule has 0 saturated heterocycles. The first-order valence-electron chi connectivity index (χ1n) is 17.1. The largest absolute Gasteiger partial charge is 0.472 e. The number of phosphoric acid groups is 1. The smallest absolute Gasteiger partial charge is 0.387 e. The minimum Gasteiger partial charge on any atom is -0.387 e. The van der Waals surface area contributed by atoms with E-state index in [0.717, 1.165) is 38.5 Å². The van der Waals surface area contributed by atoms with E-state index in [9.17, 15) is 19.4 Å². The molecular formula is C33H68N2O6P+. The van der Waals surface area contributed by atoms with Crippen LogP contribution in [-0.2, 0) is 18.4 Å². The topological polar surface area (TPSA) is 105 Å². The summed E-state index contributed by atoms with van der Waals surface area (Å²) in [7, 11) is 1.57. The molecular weight excluding hydrogens is 551 g/mol. The first-order chi connectivity index (χ1) is 20.0. The summed E-state index contributed by atoms with van der Waals surface area (Å²) in [5.41, 5.74) is 0. The third-order valence-corrected chi connectivity index (χ3v) is 8.49. The highest BCUT2D eigenvalue weighted by molar-refractivity contribution is 7.47. The molecule has 0 rings (SSSR count). The normalized spacial score (nSPS) is 15.1. The van der Waals surface area contributed by atoms with Crippen molar-refractivity contribution in [3.05, 3.63) is 12.2 Å². The molecule has 0 aliphatic heterocycles. The molecule has 3 N–H and O–H groups in total. The van der Waals surface area contributed by atoms with Crippen LogP contribution in [0.5, 0.6) is 0 Å². The third kappa shape index (κ3) is 28.0. The number of phosphoric ester groups is 1. The fourth-order valence-corrected chi connectivity index (χ4v) is 5.42. The van der Waals surface area contributed by atoms with Crippen LogP contribution in [0.3, 0.4) is 0 Å². The average molecular weight is 620 g/mol. The molecule has 0 aliphatic rings. The molecule has 42 heavy (non-hydrogen) atoms. The van der Waals surface area contributed by atoms with E-state index in [1.54, 1.807) is 6.08 Å². The van der Waals surface area contributed by atoms with Crippen LogP contribution in [0.15, 0.2) is 12.2 Å². The van der Waals surface area contributed by atoms with E-state index in [-0.39, 0.29) is 19.1 Å². The summed E-state index contributed by atoms with van der Waals surface area (Å²) in [6, 6.07) is -0.835. The number of nitrogens with one attached hydrogen (secondary N) is 1. The van der Waals surface area contributed by atoms with Gasteiger partial charge in [0.15, 0.2) is 0 Å². The van der Waals surface area contributed by atoms with Crippen LogP contribution in [0.25, 0.3) is 0 Å².